The molecule has 1 heterocycles. The van der Waals surface area contributed by atoms with Gasteiger partial charge in [0.25, 0.3) is 0 Å². The van der Waals surface area contributed by atoms with E-state index in [1.807, 2.05) is 0 Å². The maximum Gasteiger partial charge on any atom is 0.143 e. The molecule has 116 valence electrons. The number of rotatable bonds is 3. The first-order valence-electron chi connectivity index (χ1n) is 7.63. The van der Waals surface area contributed by atoms with Crippen molar-refractivity contribution >= 4 is 28.9 Å². The molecule has 0 amide bonds. The van der Waals surface area contributed by atoms with E-state index in [-0.39, 0.29) is 11.7 Å². The summed E-state index contributed by atoms with van der Waals surface area (Å²) in [5, 5.41) is 0.900. The lowest BCUT2D eigenvalue weighted by Crippen LogP contribution is -2.32. The highest BCUT2D eigenvalue weighted by Crippen LogP contribution is 2.42. The first-order valence-corrected chi connectivity index (χ1v) is 8.39. The monoisotopic (exact) mass is 329 g/mol. The van der Waals surface area contributed by atoms with E-state index in [0.717, 1.165) is 12.8 Å². The van der Waals surface area contributed by atoms with Gasteiger partial charge in [-0.1, -0.05) is 42.5 Å². The highest BCUT2D eigenvalue weighted by Gasteiger charge is 2.40. The number of nitrogen functional groups attached to an aromatic ring is 1. The van der Waals surface area contributed by atoms with Crippen molar-refractivity contribution in [3.05, 3.63) is 22.2 Å². The number of nitrogens with two attached hydrogens (primary N) is 1. The third-order valence-electron chi connectivity index (χ3n) is 4.58. The van der Waals surface area contributed by atoms with Crippen LogP contribution in [0.25, 0.3) is 0 Å². The Balaban J connectivity index is 1.58. The number of benzene rings is 1. The summed E-state index contributed by atoms with van der Waals surface area (Å²) in [7, 11) is 0. The average molecular weight is 330 g/mol. The molecule has 1 atom stereocenters. The van der Waals surface area contributed by atoms with Crippen molar-refractivity contribution in [2.45, 2.75) is 56.7 Å². The van der Waals surface area contributed by atoms with Gasteiger partial charge in [0.2, 0.25) is 0 Å². The van der Waals surface area contributed by atoms with Gasteiger partial charge in [0.05, 0.1) is 27.4 Å². The number of hydrogen-bond acceptors (Lipinski definition) is 3. The van der Waals surface area contributed by atoms with Crippen LogP contribution < -0.4 is 10.5 Å². The maximum absolute atomic E-state index is 6.28. The molecule has 0 radical (unpaired) electrons. The molecule has 3 nitrogen and oxygen atoms in total. The van der Waals surface area contributed by atoms with E-state index >= 15 is 0 Å². The van der Waals surface area contributed by atoms with Crippen LogP contribution >= 0.6 is 23.2 Å². The summed E-state index contributed by atoms with van der Waals surface area (Å²) in [4.78, 5) is 0. The van der Waals surface area contributed by atoms with Crippen LogP contribution in [-0.4, -0.2) is 18.3 Å². The van der Waals surface area contributed by atoms with E-state index in [4.69, 9.17) is 38.4 Å². The van der Waals surface area contributed by atoms with Gasteiger partial charge >= 0.3 is 0 Å². The van der Waals surface area contributed by atoms with Gasteiger partial charge in [-0.15, -0.1) is 0 Å². The minimum Gasteiger partial charge on any atom is -0.489 e. The van der Waals surface area contributed by atoms with Crippen LogP contribution in [-0.2, 0) is 4.74 Å². The molecule has 1 aliphatic carbocycles. The second-order valence-electron chi connectivity index (χ2n) is 6.14. The normalized spacial score (nSPS) is 24.4. The Kier molecular flexibility index (Phi) is 4.53. The van der Waals surface area contributed by atoms with Crippen LogP contribution in [0.1, 0.15) is 44.9 Å². The van der Waals surface area contributed by atoms with Crippen LogP contribution in [0.2, 0.25) is 10.0 Å². The third-order valence-corrected chi connectivity index (χ3v) is 5.30. The molecule has 1 saturated carbocycles. The molecule has 2 fully saturated rings. The zero-order valence-electron chi connectivity index (χ0n) is 12.0. The first-order chi connectivity index (χ1) is 10.1. The molecule has 1 saturated heterocycles. The lowest BCUT2D eigenvalue weighted by Gasteiger charge is -2.33. The molecule has 2 aliphatic rings. The Labute approximate surface area is 135 Å². The Morgan fingerprint density at radius 2 is 1.86 bits per heavy atom. The van der Waals surface area contributed by atoms with Crippen LogP contribution in [0.5, 0.6) is 5.75 Å². The largest absolute Gasteiger partial charge is 0.489 e. The minimum absolute atomic E-state index is 0.120. The number of anilines is 1. The molecular weight excluding hydrogens is 309 g/mol. The summed E-state index contributed by atoms with van der Waals surface area (Å²) < 4.78 is 12.1. The van der Waals surface area contributed by atoms with E-state index in [0.29, 0.717) is 28.1 Å². The fourth-order valence-corrected chi connectivity index (χ4v) is 3.75. The van der Waals surface area contributed by atoms with Gasteiger partial charge in [0, 0.05) is 6.07 Å². The van der Waals surface area contributed by atoms with Gasteiger partial charge in [0.15, 0.2) is 0 Å². The average Bonchev–Trinajstić information content (AvgIpc) is 2.85. The van der Waals surface area contributed by atoms with E-state index < -0.39 is 0 Å². The fraction of sp³-hybridized carbons (Fsp3) is 0.625. The molecule has 1 aromatic rings. The second kappa shape index (κ2) is 6.23. The van der Waals surface area contributed by atoms with Crippen LogP contribution in [0.4, 0.5) is 5.69 Å². The zero-order valence-corrected chi connectivity index (χ0v) is 13.6. The van der Waals surface area contributed by atoms with Crippen molar-refractivity contribution in [1.82, 2.24) is 0 Å². The topological polar surface area (TPSA) is 44.5 Å². The highest BCUT2D eigenvalue weighted by molar-refractivity contribution is 6.42. The summed E-state index contributed by atoms with van der Waals surface area (Å²) in [5.74, 6) is 0.581. The van der Waals surface area contributed by atoms with E-state index in [2.05, 4.69) is 0 Å². The Bertz CT molecular complexity index is 515. The first kappa shape index (κ1) is 15.3. The zero-order chi connectivity index (χ0) is 14.9. The van der Waals surface area contributed by atoms with Crippen LogP contribution in [0.15, 0.2) is 12.1 Å². The standard InChI is InChI=1S/C16H21Cl2NO2/c17-12-8-14(19)15(9-13(12)18)20-10-11-4-7-16(21-11)5-2-1-3-6-16/h8-9,11H,1-7,10,19H2. The van der Waals surface area contributed by atoms with Gasteiger partial charge in [-0.05, 0) is 31.7 Å². The third kappa shape index (κ3) is 3.41. The number of halogens is 2. The summed E-state index contributed by atoms with van der Waals surface area (Å²) in [6, 6.07) is 3.29. The predicted molar refractivity (Wildman–Crippen MR) is 86.3 cm³/mol. The molecule has 1 aliphatic heterocycles. The SMILES string of the molecule is Nc1cc(Cl)c(Cl)cc1OCC1CCC2(CCCCC2)O1. The lowest BCUT2D eigenvalue weighted by atomic mass is 9.83. The van der Waals surface area contributed by atoms with Crippen LogP contribution in [0, 0.1) is 0 Å². The molecule has 0 bridgehead atoms. The molecule has 21 heavy (non-hydrogen) atoms. The Morgan fingerprint density at radius 3 is 2.62 bits per heavy atom. The Morgan fingerprint density at radius 1 is 1.14 bits per heavy atom. The number of hydrogen-bond donors (Lipinski definition) is 1. The molecule has 3 rings (SSSR count). The number of ether oxygens (including phenoxy) is 2. The Hall–Kier alpha value is -0.640. The fourth-order valence-electron chi connectivity index (χ4n) is 3.43. The van der Waals surface area contributed by atoms with E-state index in [9.17, 15) is 0 Å². The van der Waals surface area contributed by atoms with Crippen molar-refractivity contribution in [2.75, 3.05) is 12.3 Å². The quantitative estimate of drug-likeness (QED) is 0.807. The summed E-state index contributed by atoms with van der Waals surface area (Å²) >= 11 is 11.9. The van der Waals surface area contributed by atoms with Crippen molar-refractivity contribution in [3.8, 4) is 5.75 Å². The van der Waals surface area contributed by atoms with E-state index in [1.54, 1.807) is 12.1 Å². The smallest absolute Gasteiger partial charge is 0.143 e. The molecule has 0 aromatic heterocycles. The molecular formula is C16H21Cl2NO2. The molecule has 5 heteroatoms. The van der Waals surface area contributed by atoms with Crippen molar-refractivity contribution in [2.24, 2.45) is 0 Å². The molecule has 1 spiro atoms. The van der Waals surface area contributed by atoms with Gasteiger partial charge in [0.1, 0.15) is 12.4 Å². The highest BCUT2D eigenvalue weighted by atomic mass is 35.5. The summed E-state index contributed by atoms with van der Waals surface area (Å²) in [6.45, 7) is 0.518. The van der Waals surface area contributed by atoms with Crippen LogP contribution in [0.3, 0.4) is 0 Å². The van der Waals surface area contributed by atoms with Crippen molar-refractivity contribution in [1.29, 1.82) is 0 Å². The maximum atomic E-state index is 6.28. The van der Waals surface area contributed by atoms with E-state index in [1.165, 1.54) is 32.1 Å². The van der Waals surface area contributed by atoms with Gasteiger partial charge in [-0.3, -0.25) is 0 Å². The summed E-state index contributed by atoms with van der Waals surface area (Å²) in [5.41, 5.74) is 6.53. The molecule has 1 aromatic carbocycles. The van der Waals surface area contributed by atoms with Crippen molar-refractivity contribution < 1.29 is 9.47 Å². The van der Waals surface area contributed by atoms with Gasteiger partial charge in [-0.25, -0.2) is 0 Å². The minimum atomic E-state index is 0.120. The molecule has 2 N–H and O–H groups in total. The van der Waals surface area contributed by atoms with Crippen molar-refractivity contribution in [3.63, 3.8) is 0 Å². The predicted octanol–water partition coefficient (Wildman–Crippen LogP) is 4.84. The van der Waals surface area contributed by atoms with Gasteiger partial charge in [-0.2, -0.15) is 0 Å². The van der Waals surface area contributed by atoms with Gasteiger partial charge < -0.3 is 15.2 Å². The lowest BCUT2D eigenvalue weighted by molar-refractivity contribution is -0.0748. The second-order valence-corrected chi connectivity index (χ2v) is 6.95. The molecule has 1 unspecified atom stereocenters. The summed E-state index contributed by atoms with van der Waals surface area (Å²) in [6.07, 6.45) is 8.65.